The number of likely N-dealkylation sites (N-methyl/N-ethyl adjacent to an activating group) is 1. The van der Waals surface area contributed by atoms with E-state index in [0.717, 1.165) is 19.3 Å². The van der Waals surface area contributed by atoms with Crippen molar-refractivity contribution in [3.8, 4) is 0 Å². The van der Waals surface area contributed by atoms with Crippen molar-refractivity contribution in [1.29, 1.82) is 0 Å². The third-order valence-corrected chi connectivity index (χ3v) is 5.35. The van der Waals surface area contributed by atoms with Gasteiger partial charge < -0.3 is 10.0 Å². The van der Waals surface area contributed by atoms with Crippen molar-refractivity contribution >= 4 is 11.3 Å². The molecule has 1 fully saturated rings. The molecule has 1 heterocycles. The maximum Gasteiger partial charge on any atom is 0.0771 e. The second-order valence-electron chi connectivity index (χ2n) is 5.71. The van der Waals surface area contributed by atoms with Crippen molar-refractivity contribution in [2.24, 2.45) is 0 Å². The van der Waals surface area contributed by atoms with Crippen molar-refractivity contribution in [2.75, 3.05) is 14.1 Å². The Morgan fingerprint density at radius 2 is 1.94 bits per heavy atom. The van der Waals surface area contributed by atoms with Crippen molar-refractivity contribution in [3.05, 3.63) is 22.4 Å². The molecule has 0 amide bonds. The van der Waals surface area contributed by atoms with E-state index in [0.29, 0.717) is 0 Å². The number of aliphatic hydroxyl groups excluding tert-OH is 1. The van der Waals surface area contributed by atoms with E-state index in [1.807, 2.05) is 0 Å². The van der Waals surface area contributed by atoms with Crippen LogP contribution < -0.4 is 0 Å². The average Bonchev–Trinajstić information content (AvgIpc) is 2.70. The van der Waals surface area contributed by atoms with Gasteiger partial charge in [-0.15, -0.1) is 11.3 Å². The lowest BCUT2D eigenvalue weighted by Gasteiger charge is -2.43. The van der Waals surface area contributed by atoms with Gasteiger partial charge in [0, 0.05) is 16.8 Å². The summed E-state index contributed by atoms with van der Waals surface area (Å²) < 4.78 is 0. The Labute approximate surface area is 115 Å². The van der Waals surface area contributed by atoms with E-state index < -0.39 is 0 Å². The van der Waals surface area contributed by atoms with Crippen LogP contribution in [0.15, 0.2) is 17.5 Å². The van der Waals surface area contributed by atoms with Gasteiger partial charge >= 0.3 is 0 Å². The molecule has 1 aliphatic rings. The van der Waals surface area contributed by atoms with Crippen LogP contribution in [0.1, 0.15) is 43.4 Å². The highest BCUT2D eigenvalue weighted by Crippen LogP contribution is 2.35. The normalized spacial score (nSPS) is 21.8. The molecule has 0 aliphatic heterocycles. The summed E-state index contributed by atoms with van der Waals surface area (Å²) >= 11 is 1.75. The smallest absolute Gasteiger partial charge is 0.0771 e. The standard InChI is InChI=1S/C15H25NOS/c1-16(2)15(9-5-3-4-6-10-15)14(17)12-13-8-7-11-18-13/h7-8,11,14,17H,3-6,9-10,12H2,1-2H3. The van der Waals surface area contributed by atoms with Crippen molar-refractivity contribution in [3.63, 3.8) is 0 Å². The maximum atomic E-state index is 10.8. The van der Waals surface area contributed by atoms with Gasteiger partial charge in [-0.1, -0.05) is 31.7 Å². The highest BCUT2D eigenvalue weighted by atomic mass is 32.1. The zero-order valence-corrected chi connectivity index (χ0v) is 12.4. The molecule has 1 atom stereocenters. The Hall–Kier alpha value is -0.380. The molecule has 3 heteroatoms. The average molecular weight is 267 g/mol. The SMILES string of the molecule is CN(C)C1(C(O)Cc2cccs2)CCCCCC1. The number of hydrogen-bond acceptors (Lipinski definition) is 3. The monoisotopic (exact) mass is 267 g/mol. The van der Waals surface area contributed by atoms with Gasteiger partial charge in [0.15, 0.2) is 0 Å². The number of rotatable bonds is 4. The molecule has 0 radical (unpaired) electrons. The molecule has 1 saturated carbocycles. The predicted octanol–water partition coefficient (Wildman–Crippen LogP) is 3.31. The zero-order chi connectivity index (χ0) is 13.0. The zero-order valence-electron chi connectivity index (χ0n) is 11.6. The lowest BCUT2D eigenvalue weighted by Crippen LogP contribution is -2.54. The van der Waals surface area contributed by atoms with Gasteiger partial charge in [-0.25, -0.2) is 0 Å². The van der Waals surface area contributed by atoms with Crippen LogP contribution in [0.25, 0.3) is 0 Å². The van der Waals surface area contributed by atoms with Gasteiger partial charge in [-0.05, 0) is 38.4 Å². The predicted molar refractivity (Wildman–Crippen MR) is 78.1 cm³/mol. The first-order chi connectivity index (χ1) is 8.65. The van der Waals surface area contributed by atoms with Gasteiger partial charge in [-0.2, -0.15) is 0 Å². The van der Waals surface area contributed by atoms with Crippen LogP contribution in [-0.4, -0.2) is 35.7 Å². The molecule has 102 valence electrons. The maximum absolute atomic E-state index is 10.8. The summed E-state index contributed by atoms with van der Waals surface area (Å²) in [6.07, 6.45) is 7.96. The second kappa shape index (κ2) is 6.18. The third kappa shape index (κ3) is 2.95. The van der Waals surface area contributed by atoms with Crippen molar-refractivity contribution in [2.45, 2.75) is 56.6 Å². The molecule has 0 saturated heterocycles. The summed E-state index contributed by atoms with van der Waals surface area (Å²) in [6, 6.07) is 4.20. The largest absolute Gasteiger partial charge is 0.391 e. The molecular formula is C15H25NOS. The summed E-state index contributed by atoms with van der Waals surface area (Å²) in [5.41, 5.74) is -0.0134. The van der Waals surface area contributed by atoms with Crippen LogP contribution in [-0.2, 0) is 6.42 Å². The van der Waals surface area contributed by atoms with Crippen LogP contribution in [0.3, 0.4) is 0 Å². The number of thiophene rings is 1. The van der Waals surface area contributed by atoms with Gasteiger partial charge in [-0.3, -0.25) is 0 Å². The molecule has 1 N–H and O–H groups in total. The molecule has 1 aromatic heterocycles. The fraction of sp³-hybridized carbons (Fsp3) is 0.733. The Morgan fingerprint density at radius 1 is 1.28 bits per heavy atom. The molecule has 0 aromatic carbocycles. The molecule has 2 nitrogen and oxygen atoms in total. The topological polar surface area (TPSA) is 23.5 Å². The number of aliphatic hydroxyl groups is 1. The summed E-state index contributed by atoms with van der Waals surface area (Å²) in [7, 11) is 4.26. The fourth-order valence-electron chi connectivity index (χ4n) is 3.23. The van der Waals surface area contributed by atoms with E-state index in [1.54, 1.807) is 11.3 Å². The minimum absolute atomic E-state index is 0.0134. The van der Waals surface area contributed by atoms with E-state index in [9.17, 15) is 5.11 Å². The van der Waals surface area contributed by atoms with Gasteiger partial charge in [0.25, 0.3) is 0 Å². The molecule has 1 aliphatic carbocycles. The van der Waals surface area contributed by atoms with Gasteiger partial charge in [0.2, 0.25) is 0 Å². The van der Waals surface area contributed by atoms with Gasteiger partial charge in [0.05, 0.1) is 6.10 Å². The van der Waals surface area contributed by atoms with Crippen molar-refractivity contribution < 1.29 is 5.11 Å². The molecular weight excluding hydrogens is 242 g/mol. The second-order valence-corrected chi connectivity index (χ2v) is 6.74. The van der Waals surface area contributed by atoms with Crippen LogP contribution in [0, 0.1) is 0 Å². The number of hydrogen-bond donors (Lipinski definition) is 1. The number of nitrogens with zero attached hydrogens (tertiary/aromatic N) is 1. The van der Waals surface area contributed by atoms with Crippen LogP contribution in [0.5, 0.6) is 0 Å². The Balaban J connectivity index is 2.12. The first-order valence-corrected chi connectivity index (χ1v) is 7.91. The Morgan fingerprint density at radius 3 is 2.44 bits per heavy atom. The minimum atomic E-state index is -0.246. The molecule has 1 unspecified atom stereocenters. The summed E-state index contributed by atoms with van der Waals surface area (Å²) in [6.45, 7) is 0. The molecule has 0 spiro atoms. The van der Waals surface area contributed by atoms with Crippen LogP contribution in [0.4, 0.5) is 0 Å². The first-order valence-electron chi connectivity index (χ1n) is 7.03. The summed E-state index contributed by atoms with van der Waals surface area (Å²) in [5.74, 6) is 0. The lowest BCUT2D eigenvalue weighted by molar-refractivity contribution is -0.0170. The molecule has 2 rings (SSSR count). The minimum Gasteiger partial charge on any atom is -0.391 e. The van der Waals surface area contributed by atoms with Crippen LogP contribution in [0.2, 0.25) is 0 Å². The molecule has 18 heavy (non-hydrogen) atoms. The van der Waals surface area contributed by atoms with E-state index in [2.05, 4.69) is 36.5 Å². The lowest BCUT2D eigenvalue weighted by atomic mass is 9.81. The highest BCUT2D eigenvalue weighted by Gasteiger charge is 2.40. The summed E-state index contributed by atoms with van der Waals surface area (Å²) in [5, 5.41) is 12.9. The molecule has 0 bridgehead atoms. The van der Waals surface area contributed by atoms with E-state index in [1.165, 1.54) is 30.6 Å². The summed E-state index contributed by atoms with van der Waals surface area (Å²) in [4.78, 5) is 3.57. The van der Waals surface area contributed by atoms with E-state index in [-0.39, 0.29) is 11.6 Å². The quantitative estimate of drug-likeness (QED) is 0.846. The Bertz CT molecular complexity index is 339. The van der Waals surface area contributed by atoms with Gasteiger partial charge in [0.1, 0.15) is 0 Å². The van der Waals surface area contributed by atoms with E-state index >= 15 is 0 Å². The fourth-order valence-corrected chi connectivity index (χ4v) is 3.97. The highest BCUT2D eigenvalue weighted by molar-refractivity contribution is 7.09. The molecule has 1 aromatic rings. The van der Waals surface area contributed by atoms with Crippen molar-refractivity contribution in [1.82, 2.24) is 4.90 Å². The van der Waals surface area contributed by atoms with E-state index in [4.69, 9.17) is 0 Å². The Kier molecular flexibility index (Phi) is 4.82. The van der Waals surface area contributed by atoms with Crippen LogP contribution >= 0.6 is 11.3 Å². The first kappa shape index (κ1) is 14.0. The third-order valence-electron chi connectivity index (χ3n) is 4.45.